The van der Waals surface area contributed by atoms with E-state index in [9.17, 15) is 9.59 Å². The fourth-order valence-corrected chi connectivity index (χ4v) is 2.37. The number of carbonyl (C=O) groups excluding carboxylic acids is 2. The zero-order chi connectivity index (χ0) is 18.4. The first-order valence-corrected chi connectivity index (χ1v) is 8.52. The average molecular weight is 348 g/mol. The highest BCUT2D eigenvalue weighted by Crippen LogP contribution is 2.11. The van der Waals surface area contributed by atoms with Gasteiger partial charge in [-0.3, -0.25) is 19.3 Å². The molecule has 2 amide bonds. The first-order chi connectivity index (χ1) is 11.7. The van der Waals surface area contributed by atoms with Crippen LogP contribution in [0.3, 0.4) is 0 Å². The van der Waals surface area contributed by atoms with Crippen LogP contribution in [0.15, 0.2) is 24.3 Å². The molecule has 0 spiro atoms. The van der Waals surface area contributed by atoms with Crippen molar-refractivity contribution in [1.29, 1.82) is 0 Å². The van der Waals surface area contributed by atoms with Gasteiger partial charge in [-0.2, -0.15) is 0 Å². The number of nitrogens with zero attached hydrogens (tertiary/aromatic N) is 2. The molecule has 1 fully saturated rings. The molecule has 7 nitrogen and oxygen atoms in total. The molecule has 2 N–H and O–H groups in total. The number of rotatable bonds is 5. The summed E-state index contributed by atoms with van der Waals surface area (Å²) < 4.78 is 0. The summed E-state index contributed by atoms with van der Waals surface area (Å²) in [5.41, 5.74) is 3.12. The summed E-state index contributed by atoms with van der Waals surface area (Å²) in [4.78, 5) is 33.8. The Balaban J connectivity index is 1.81. The van der Waals surface area contributed by atoms with Crippen LogP contribution in [0.1, 0.15) is 31.1 Å². The SMILES string of the molecule is CN1CCN(CC(=O)Nc2ccc(C(=O)NOC(C)(C)C)cc2)CC1. The van der Waals surface area contributed by atoms with Gasteiger partial charge in [-0.05, 0) is 52.1 Å². The summed E-state index contributed by atoms with van der Waals surface area (Å²) in [7, 11) is 2.08. The summed E-state index contributed by atoms with van der Waals surface area (Å²) in [6.07, 6.45) is 0. The topological polar surface area (TPSA) is 73.9 Å². The van der Waals surface area contributed by atoms with E-state index < -0.39 is 5.60 Å². The van der Waals surface area contributed by atoms with Crippen LogP contribution in [-0.2, 0) is 9.63 Å². The van der Waals surface area contributed by atoms with E-state index in [0.717, 1.165) is 26.2 Å². The number of benzene rings is 1. The van der Waals surface area contributed by atoms with Gasteiger partial charge in [0.15, 0.2) is 0 Å². The van der Waals surface area contributed by atoms with Crippen LogP contribution in [0.4, 0.5) is 5.69 Å². The lowest BCUT2D eigenvalue weighted by Gasteiger charge is -2.31. The van der Waals surface area contributed by atoms with Crippen LogP contribution in [0.25, 0.3) is 0 Å². The standard InChI is InChI=1S/C18H28N4O3/c1-18(2,3)25-20-17(24)14-5-7-15(8-6-14)19-16(23)13-22-11-9-21(4)10-12-22/h5-8H,9-13H2,1-4H3,(H,19,23)(H,20,24). The molecule has 25 heavy (non-hydrogen) atoms. The van der Waals surface area contributed by atoms with Gasteiger partial charge in [0, 0.05) is 37.4 Å². The van der Waals surface area contributed by atoms with E-state index >= 15 is 0 Å². The Morgan fingerprint density at radius 1 is 1.08 bits per heavy atom. The van der Waals surface area contributed by atoms with Gasteiger partial charge in [0.25, 0.3) is 5.91 Å². The Bertz CT molecular complexity index is 587. The Hall–Kier alpha value is -1.96. The van der Waals surface area contributed by atoms with Crippen LogP contribution >= 0.6 is 0 Å². The number of hydrogen-bond acceptors (Lipinski definition) is 5. The fourth-order valence-electron chi connectivity index (χ4n) is 2.37. The third-order valence-electron chi connectivity index (χ3n) is 3.84. The van der Waals surface area contributed by atoms with E-state index in [-0.39, 0.29) is 11.8 Å². The minimum Gasteiger partial charge on any atom is -0.325 e. The lowest BCUT2D eigenvalue weighted by Crippen LogP contribution is -2.47. The fraction of sp³-hybridized carbons (Fsp3) is 0.556. The molecule has 138 valence electrons. The van der Waals surface area contributed by atoms with Gasteiger partial charge >= 0.3 is 0 Å². The molecule has 1 aliphatic rings. The first-order valence-electron chi connectivity index (χ1n) is 8.52. The van der Waals surface area contributed by atoms with Crippen molar-refractivity contribution in [3.8, 4) is 0 Å². The van der Waals surface area contributed by atoms with Crippen molar-refractivity contribution in [1.82, 2.24) is 15.3 Å². The third kappa shape index (κ3) is 6.81. The normalized spacial score (nSPS) is 16.5. The molecule has 0 radical (unpaired) electrons. The maximum Gasteiger partial charge on any atom is 0.274 e. The number of likely N-dealkylation sites (N-methyl/N-ethyl adjacent to an activating group) is 1. The van der Waals surface area contributed by atoms with Crippen LogP contribution < -0.4 is 10.8 Å². The summed E-state index contributed by atoms with van der Waals surface area (Å²) in [6.45, 7) is 9.70. The smallest absolute Gasteiger partial charge is 0.274 e. The molecule has 1 aromatic carbocycles. The first kappa shape index (κ1) is 19.4. The molecule has 1 heterocycles. The maximum atomic E-state index is 12.1. The molecule has 0 bridgehead atoms. The Kier molecular flexibility index (Phi) is 6.52. The third-order valence-corrected chi connectivity index (χ3v) is 3.84. The Labute approximate surface area is 149 Å². The van der Waals surface area contributed by atoms with Crippen LogP contribution in [0, 0.1) is 0 Å². The molecular weight excluding hydrogens is 320 g/mol. The predicted molar refractivity (Wildman–Crippen MR) is 97.3 cm³/mol. The maximum absolute atomic E-state index is 12.1. The van der Waals surface area contributed by atoms with Crippen molar-refractivity contribution in [2.24, 2.45) is 0 Å². The molecule has 2 rings (SSSR count). The minimum atomic E-state index is -0.452. The van der Waals surface area contributed by atoms with E-state index in [1.807, 2.05) is 20.8 Å². The van der Waals surface area contributed by atoms with Gasteiger partial charge in [0.05, 0.1) is 12.1 Å². The molecule has 7 heteroatoms. The molecule has 0 saturated carbocycles. The van der Waals surface area contributed by atoms with E-state index in [4.69, 9.17) is 4.84 Å². The quantitative estimate of drug-likeness (QED) is 0.786. The average Bonchev–Trinajstić information content (AvgIpc) is 2.55. The lowest BCUT2D eigenvalue weighted by molar-refractivity contribution is -0.117. The number of nitrogens with one attached hydrogen (secondary N) is 2. The largest absolute Gasteiger partial charge is 0.325 e. The number of hydroxylamine groups is 1. The van der Waals surface area contributed by atoms with Crippen molar-refractivity contribution >= 4 is 17.5 Å². The number of amides is 2. The molecule has 1 aliphatic heterocycles. The van der Waals surface area contributed by atoms with Crippen LogP contribution in [-0.4, -0.2) is 67.0 Å². The number of hydrogen-bond donors (Lipinski definition) is 2. The van der Waals surface area contributed by atoms with Crippen molar-refractivity contribution in [3.05, 3.63) is 29.8 Å². The summed E-state index contributed by atoms with van der Waals surface area (Å²) >= 11 is 0. The zero-order valence-electron chi connectivity index (χ0n) is 15.5. The summed E-state index contributed by atoms with van der Waals surface area (Å²) in [5.74, 6) is -0.358. The minimum absolute atomic E-state index is 0.0437. The van der Waals surface area contributed by atoms with Gasteiger partial charge < -0.3 is 10.2 Å². The summed E-state index contributed by atoms with van der Waals surface area (Å²) in [5, 5.41) is 2.87. The molecule has 0 aromatic heterocycles. The second-order valence-corrected chi connectivity index (χ2v) is 7.35. The number of carbonyl (C=O) groups is 2. The van der Waals surface area contributed by atoms with Gasteiger partial charge in [0.2, 0.25) is 5.91 Å². The van der Waals surface area contributed by atoms with E-state index in [2.05, 4.69) is 27.6 Å². The molecule has 1 saturated heterocycles. The highest BCUT2D eigenvalue weighted by molar-refractivity contribution is 5.95. The zero-order valence-corrected chi connectivity index (χ0v) is 15.5. The number of anilines is 1. The predicted octanol–water partition coefficient (Wildman–Crippen LogP) is 1.33. The monoisotopic (exact) mass is 348 g/mol. The number of piperazine rings is 1. The molecule has 0 atom stereocenters. The van der Waals surface area contributed by atoms with Gasteiger partial charge in [-0.25, -0.2) is 5.48 Å². The Morgan fingerprint density at radius 3 is 2.24 bits per heavy atom. The van der Waals surface area contributed by atoms with Crippen molar-refractivity contribution < 1.29 is 14.4 Å². The second-order valence-electron chi connectivity index (χ2n) is 7.35. The van der Waals surface area contributed by atoms with E-state index in [1.165, 1.54) is 0 Å². The van der Waals surface area contributed by atoms with Crippen LogP contribution in [0.2, 0.25) is 0 Å². The lowest BCUT2D eigenvalue weighted by atomic mass is 10.2. The van der Waals surface area contributed by atoms with Gasteiger partial charge in [0.1, 0.15) is 0 Å². The van der Waals surface area contributed by atoms with Crippen molar-refractivity contribution in [3.63, 3.8) is 0 Å². The molecule has 0 aliphatic carbocycles. The molecular formula is C18H28N4O3. The Morgan fingerprint density at radius 2 is 1.68 bits per heavy atom. The van der Waals surface area contributed by atoms with Crippen LogP contribution in [0.5, 0.6) is 0 Å². The van der Waals surface area contributed by atoms with Gasteiger partial charge in [-0.15, -0.1) is 0 Å². The second kappa shape index (κ2) is 8.42. The van der Waals surface area contributed by atoms with Crippen molar-refractivity contribution in [2.75, 3.05) is 45.1 Å². The van der Waals surface area contributed by atoms with Gasteiger partial charge in [-0.1, -0.05) is 0 Å². The van der Waals surface area contributed by atoms with Crippen molar-refractivity contribution in [2.45, 2.75) is 26.4 Å². The van der Waals surface area contributed by atoms with E-state index in [0.29, 0.717) is 17.8 Å². The summed E-state index contributed by atoms with van der Waals surface area (Å²) in [6, 6.07) is 6.75. The highest BCUT2D eigenvalue weighted by Gasteiger charge is 2.17. The molecule has 0 unspecified atom stereocenters. The van der Waals surface area contributed by atoms with E-state index in [1.54, 1.807) is 24.3 Å². The molecule has 1 aromatic rings. The highest BCUT2D eigenvalue weighted by atomic mass is 16.7.